The molecule has 4 heterocycles. The van der Waals surface area contributed by atoms with Crippen LogP contribution >= 0.6 is 0 Å². The molecule has 0 radical (unpaired) electrons. The first kappa shape index (κ1) is 37.3. The van der Waals surface area contributed by atoms with Gasteiger partial charge in [0, 0.05) is 49.0 Å². The van der Waals surface area contributed by atoms with E-state index in [1.54, 1.807) is 0 Å². The fraction of sp³-hybridized carbons (Fsp3) is 0. The Morgan fingerprint density at radius 2 is 0.701 bits per heavy atom. The smallest absolute Gasteiger partial charge is 0.160 e. The zero-order chi connectivity index (χ0) is 44.0. The lowest BCUT2D eigenvalue weighted by molar-refractivity contribution is 0.668. The second kappa shape index (κ2) is 14.7. The van der Waals surface area contributed by atoms with E-state index in [1.807, 2.05) is 54.6 Å². The molecule has 5 heteroatoms. The van der Waals surface area contributed by atoms with Crippen LogP contribution in [-0.4, -0.2) is 9.97 Å². The van der Waals surface area contributed by atoms with Crippen LogP contribution in [0.4, 0.5) is 0 Å². The zero-order valence-corrected chi connectivity index (χ0v) is 35.9. The predicted octanol–water partition coefficient (Wildman–Crippen LogP) is 17.3. The van der Waals surface area contributed by atoms with Crippen molar-refractivity contribution in [3.05, 3.63) is 218 Å². The molecule has 10 aromatic carbocycles. The van der Waals surface area contributed by atoms with E-state index in [4.69, 9.17) is 23.2 Å². The van der Waals surface area contributed by atoms with Crippen LogP contribution < -0.4 is 0 Å². The van der Waals surface area contributed by atoms with Crippen LogP contribution in [0, 0.1) is 0 Å². The van der Waals surface area contributed by atoms with Gasteiger partial charge in [-0.2, -0.15) is 0 Å². The molecule has 0 N–H and O–H groups in total. The van der Waals surface area contributed by atoms with Gasteiger partial charge in [0.2, 0.25) is 0 Å². The van der Waals surface area contributed by atoms with Gasteiger partial charge >= 0.3 is 0 Å². The average Bonchev–Trinajstić information content (AvgIpc) is 4.09. The summed E-state index contributed by atoms with van der Waals surface area (Å²) < 4.78 is 19.1. The summed E-state index contributed by atoms with van der Waals surface area (Å²) in [5, 5.41) is 8.66. The highest BCUT2D eigenvalue weighted by Gasteiger charge is 2.23. The van der Waals surface area contributed by atoms with Gasteiger partial charge in [0.25, 0.3) is 0 Å². The standard InChI is InChI=1S/C62H36N2O3/c1-2-14-38(15-3-1)62-63-53(44-21-12-16-37-13-4-5-17-43(37)44)36-54(64-62)61-48(40-26-29-59-51(32-40)46-19-7-10-23-56(46)66-59)34-42(39-25-28-58-50(31-39)45-18-6-9-22-55(45)65-58)35-49(61)41-27-30-60-52(33-41)47-20-8-11-24-57(47)67-60/h1-36H. The van der Waals surface area contributed by atoms with Crippen molar-refractivity contribution in [1.29, 1.82) is 0 Å². The maximum absolute atomic E-state index is 6.41. The number of benzene rings is 10. The van der Waals surface area contributed by atoms with Gasteiger partial charge in [0.05, 0.1) is 11.4 Å². The van der Waals surface area contributed by atoms with E-state index >= 15 is 0 Å². The second-order valence-corrected chi connectivity index (χ2v) is 17.2. The lowest BCUT2D eigenvalue weighted by Gasteiger charge is -2.20. The lowest BCUT2D eigenvalue weighted by atomic mass is 9.85. The van der Waals surface area contributed by atoms with Crippen molar-refractivity contribution in [3.63, 3.8) is 0 Å². The summed E-state index contributed by atoms with van der Waals surface area (Å²) in [6, 6.07) is 76.5. The Labute approximate surface area is 383 Å². The van der Waals surface area contributed by atoms with Gasteiger partial charge in [-0.1, -0.05) is 146 Å². The van der Waals surface area contributed by atoms with Crippen LogP contribution in [0.2, 0.25) is 0 Å². The predicted molar refractivity (Wildman–Crippen MR) is 274 cm³/mol. The quantitative estimate of drug-likeness (QED) is 0.167. The Kier molecular flexibility index (Phi) is 8.21. The van der Waals surface area contributed by atoms with E-state index < -0.39 is 0 Å². The van der Waals surface area contributed by atoms with Gasteiger partial charge < -0.3 is 13.3 Å². The third-order valence-electron chi connectivity index (χ3n) is 13.3. The van der Waals surface area contributed by atoms with E-state index in [9.17, 15) is 0 Å². The normalized spacial score (nSPS) is 11.9. The summed E-state index contributed by atoms with van der Waals surface area (Å²) in [5.41, 5.74) is 16.0. The Morgan fingerprint density at radius 3 is 1.28 bits per heavy atom. The number of hydrogen-bond acceptors (Lipinski definition) is 5. The number of nitrogens with zero attached hydrogens (tertiary/aromatic N) is 2. The van der Waals surface area contributed by atoms with Gasteiger partial charge in [-0.3, -0.25) is 0 Å². The number of furan rings is 3. The molecule has 14 aromatic rings. The number of hydrogen-bond donors (Lipinski definition) is 0. The molecule has 0 saturated heterocycles. The minimum absolute atomic E-state index is 0.645. The minimum Gasteiger partial charge on any atom is -0.456 e. The van der Waals surface area contributed by atoms with Gasteiger partial charge in [-0.05, 0) is 117 Å². The van der Waals surface area contributed by atoms with Crippen LogP contribution in [-0.2, 0) is 0 Å². The Bertz CT molecular complexity index is 4150. The SMILES string of the molecule is c1ccc(-c2nc(-c3c(-c4ccc5oc6ccccc6c5c4)cc(-c4ccc5oc6ccccc6c5c4)cc3-c3ccc4oc5ccccc5c4c3)cc(-c3cccc4ccccc34)n2)cc1. The first-order valence-corrected chi connectivity index (χ1v) is 22.5. The molecule has 5 nitrogen and oxygen atoms in total. The molecule has 14 rings (SSSR count). The maximum atomic E-state index is 6.41. The Hall–Kier alpha value is -9.06. The van der Waals surface area contributed by atoms with Gasteiger partial charge in [-0.25, -0.2) is 9.97 Å². The van der Waals surface area contributed by atoms with Crippen LogP contribution in [0.5, 0.6) is 0 Å². The van der Waals surface area contributed by atoms with Gasteiger partial charge in [0.1, 0.15) is 33.5 Å². The van der Waals surface area contributed by atoms with Crippen molar-refractivity contribution in [2.24, 2.45) is 0 Å². The molecule has 0 spiro atoms. The molecule has 0 fully saturated rings. The van der Waals surface area contributed by atoms with Crippen LogP contribution in [0.3, 0.4) is 0 Å². The highest BCUT2D eigenvalue weighted by Crippen LogP contribution is 2.47. The van der Waals surface area contributed by atoms with E-state index in [1.165, 1.54) is 0 Å². The van der Waals surface area contributed by atoms with Crippen molar-refractivity contribution < 1.29 is 13.3 Å². The van der Waals surface area contributed by atoms with E-state index in [0.29, 0.717) is 5.82 Å². The molecule has 0 aliphatic carbocycles. The molecule has 0 amide bonds. The molecule has 0 bridgehead atoms. The largest absolute Gasteiger partial charge is 0.456 e. The topological polar surface area (TPSA) is 65.2 Å². The van der Waals surface area contributed by atoms with Crippen LogP contribution in [0.15, 0.2) is 232 Å². The van der Waals surface area contributed by atoms with Crippen molar-refractivity contribution in [3.8, 4) is 67.3 Å². The first-order valence-electron chi connectivity index (χ1n) is 22.5. The zero-order valence-electron chi connectivity index (χ0n) is 35.9. The summed E-state index contributed by atoms with van der Waals surface area (Å²) in [5.74, 6) is 0.645. The molecule has 0 aliphatic heterocycles. The fourth-order valence-electron chi connectivity index (χ4n) is 10.1. The van der Waals surface area contributed by atoms with Gasteiger partial charge in [0.15, 0.2) is 5.82 Å². The van der Waals surface area contributed by atoms with Crippen LogP contribution in [0.1, 0.15) is 0 Å². The van der Waals surface area contributed by atoms with Crippen molar-refractivity contribution in [1.82, 2.24) is 9.97 Å². The first-order chi connectivity index (χ1) is 33.2. The third kappa shape index (κ3) is 6.09. The van der Waals surface area contributed by atoms with Crippen molar-refractivity contribution in [2.75, 3.05) is 0 Å². The van der Waals surface area contributed by atoms with Gasteiger partial charge in [-0.15, -0.1) is 0 Å². The Balaban J connectivity index is 1.12. The Morgan fingerprint density at radius 1 is 0.254 bits per heavy atom. The minimum atomic E-state index is 0.645. The summed E-state index contributed by atoms with van der Waals surface area (Å²) in [6.45, 7) is 0. The highest BCUT2D eigenvalue weighted by atomic mass is 16.3. The van der Waals surface area contributed by atoms with E-state index in [2.05, 4.69) is 164 Å². The number of fused-ring (bicyclic) bond motifs is 10. The maximum Gasteiger partial charge on any atom is 0.160 e. The second-order valence-electron chi connectivity index (χ2n) is 17.2. The molecule has 0 unspecified atom stereocenters. The summed E-state index contributed by atoms with van der Waals surface area (Å²) in [4.78, 5) is 10.9. The van der Waals surface area contributed by atoms with E-state index in [-0.39, 0.29) is 0 Å². The molecule has 0 atom stereocenters. The van der Waals surface area contributed by atoms with E-state index in [0.717, 1.165) is 138 Å². The summed E-state index contributed by atoms with van der Waals surface area (Å²) in [7, 11) is 0. The molecule has 0 aliphatic rings. The number of rotatable bonds is 6. The average molecular weight is 857 g/mol. The molecule has 0 saturated carbocycles. The molecule has 312 valence electrons. The number of para-hydroxylation sites is 3. The van der Waals surface area contributed by atoms with Crippen molar-refractivity contribution >= 4 is 76.6 Å². The highest BCUT2D eigenvalue weighted by molar-refractivity contribution is 6.11. The monoisotopic (exact) mass is 856 g/mol. The molecular formula is C62H36N2O3. The van der Waals surface area contributed by atoms with Crippen molar-refractivity contribution in [2.45, 2.75) is 0 Å². The molecular weight excluding hydrogens is 821 g/mol. The lowest BCUT2D eigenvalue weighted by Crippen LogP contribution is -2.00. The summed E-state index contributed by atoms with van der Waals surface area (Å²) >= 11 is 0. The van der Waals surface area contributed by atoms with Crippen LogP contribution in [0.25, 0.3) is 144 Å². The number of aromatic nitrogens is 2. The fourth-order valence-corrected chi connectivity index (χ4v) is 10.1. The molecule has 67 heavy (non-hydrogen) atoms. The molecule has 4 aromatic heterocycles. The third-order valence-corrected chi connectivity index (χ3v) is 13.3. The summed E-state index contributed by atoms with van der Waals surface area (Å²) in [6.07, 6.45) is 0.